The molecule has 0 aromatic carbocycles. The number of nitrogens with one attached hydrogen (secondary N) is 1. The number of hydrogen-bond donors (Lipinski definition) is 1. The van der Waals surface area contributed by atoms with E-state index in [-0.39, 0.29) is 0 Å². The maximum absolute atomic E-state index is 4.17. The van der Waals surface area contributed by atoms with E-state index in [9.17, 15) is 0 Å². The Bertz CT molecular complexity index is 340. The molecular formula is C14H22N2. The Morgan fingerprint density at radius 2 is 2.19 bits per heavy atom. The number of aromatic nitrogens is 1. The second-order valence-corrected chi connectivity index (χ2v) is 5.36. The number of nitrogens with zero attached hydrogens (tertiary/aromatic N) is 1. The molecule has 16 heavy (non-hydrogen) atoms. The third-order valence-corrected chi connectivity index (χ3v) is 3.85. The van der Waals surface area contributed by atoms with Gasteiger partial charge >= 0.3 is 0 Å². The molecule has 2 nitrogen and oxygen atoms in total. The van der Waals surface area contributed by atoms with E-state index in [1.54, 1.807) is 0 Å². The summed E-state index contributed by atoms with van der Waals surface area (Å²) >= 11 is 0. The molecule has 1 aliphatic carbocycles. The lowest BCUT2D eigenvalue weighted by Crippen LogP contribution is -2.42. The average Bonchev–Trinajstić information content (AvgIpc) is 2.17. The first-order valence-corrected chi connectivity index (χ1v) is 6.29. The lowest BCUT2D eigenvalue weighted by atomic mass is 9.73. The number of rotatable bonds is 4. The van der Waals surface area contributed by atoms with Crippen molar-refractivity contribution in [1.82, 2.24) is 10.3 Å². The van der Waals surface area contributed by atoms with Gasteiger partial charge in [-0.3, -0.25) is 4.98 Å². The molecule has 1 heterocycles. The van der Waals surface area contributed by atoms with Gasteiger partial charge in [-0.2, -0.15) is 0 Å². The molecule has 1 N–H and O–H groups in total. The first kappa shape index (κ1) is 11.6. The monoisotopic (exact) mass is 218 g/mol. The Morgan fingerprint density at radius 1 is 1.44 bits per heavy atom. The molecule has 0 aliphatic heterocycles. The predicted molar refractivity (Wildman–Crippen MR) is 67.2 cm³/mol. The van der Waals surface area contributed by atoms with Crippen molar-refractivity contribution in [2.75, 3.05) is 0 Å². The molecule has 1 aromatic rings. The van der Waals surface area contributed by atoms with Gasteiger partial charge in [0.15, 0.2) is 0 Å². The van der Waals surface area contributed by atoms with Crippen molar-refractivity contribution in [3.63, 3.8) is 0 Å². The van der Waals surface area contributed by atoms with Crippen molar-refractivity contribution < 1.29 is 0 Å². The van der Waals surface area contributed by atoms with Gasteiger partial charge in [0.2, 0.25) is 0 Å². The summed E-state index contributed by atoms with van der Waals surface area (Å²) in [5, 5.41) is 3.62. The van der Waals surface area contributed by atoms with Crippen molar-refractivity contribution in [3.05, 3.63) is 29.6 Å². The highest BCUT2D eigenvalue weighted by atomic mass is 14.9. The van der Waals surface area contributed by atoms with Gasteiger partial charge in [0.05, 0.1) is 0 Å². The maximum atomic E-state index is 4.17. The Kier molecular flexibility index (Phi) is 3.59. The van der Waals surface area contributed by atoms with E-state index < -0.39 is 0 Å². The zero-order valence-electron chi connectivity index (χ0n) is 10.5. The molecule has 0 amide bonds. The summed E-state index contributed by atoms with van der Waals surface area (Å²) in [6.45, 7) is 7.77. The fraction of sp³-hybridized carbons (Fsp3) is 0.643. The smallest absolute Gasteiger partial charge is 0.0315 e. The van der Waals surface area contributed by atoms with Crippen LogP contribution in [0.1, 0.15) is 37.8 Å². The number of hydrogen-bond acceptors (Lipinski definition) is 2. The van der Waals surface area contributed by atoms with Crippen LogP contribution in [-0.4, -0.2) is 11.0 Å². The van der Waals surface area contributed by atoms with Gasteiger partial charge in [-0.15, -0.1) is 0 Å². The van der Waals surface area contributed by atoms with Gasteiger partial charge in [0.25, 0.3) is 0 Å². The van der Waals surface area contributed by atoms with Crippen LogP contribution in [0, 0.1) is 18.8 Å². The second-order valence-electron chi connectivity index (χ2n) is 5.36. The van der Waals surface area contributed by atoms with Crippen LogP contribution >= 0.6 is 0 Å². The van der Waals surface area contributed by atoms with Crippen molar-refractivity contribution >= 4 is 0 Å². The Labute approximate surface area is 98.5 Å². The first-order valence-electron chi connectivity index (χ1n) is 6.29. The number of aryl methyl sites for hydroxylation is 1. The van der Waals surface area contributed by atoms with Crippen LogP contribution in [0.15, 0.2) is 18.5 Å². The van der Waals surface area contributed by atoms with Crippen molar-refractivity contribution in [2.24, 2.45) is 11.8 Å². The van der Waals surface area contributed by atoms with E-state index in [2.05, 4.69) is 37.1 Å². The zero-order chi connectivity index (χ0) is 11.5. The minimum Gasteiger partial charge on any atom is -0.310 e. The highest BCUT2D eigenvalue weighted by Gasteiger charge is 2.30. The number of pyridine rings is 1. The molecule has 1 fully saturated rings. The summed E-state index contributed by atoms with van der Waals surface area (Å²) in [5.41, 5.74) is 2.66. The molecule has 0 spiro atoms. The van der Waals surface area contributed by atoms with Crippen LogP contribution in [0.3, 0.4) is 0 Å². The summed E-state index contributed by atoms with van der Waals surface area (Å²) in [7, 11) is 0. The largest absolute Gasteiger partial charge is 0.310 e. The quantitative estimate of drug-likeness (QED) is 0.840. The molecular weight excluding hydrogens is 196 g/mol. The molecule has 0 radical (unpaired) electrons. The summed E-state index contributed by atoms with van der Waals surface area (Å²) in [4.78, 5) is 4.17. The highest BCUT2D eigenvalue weighted by molar-refractivity contribution is 5.21. The van der Waals surface area contributed by atoms with Gasteiger partial charge in [-0.1, -0.05) is 13.8 Å². The fourth-order valence-electron chi connectivity index (χ4n) is 2.31. The molecule has 1 saturated carbocycles. The zero-order valence-corrected chi connectivity index (χ0v) is 10.5. The average molecular weight is 218 g/mol. The minimum atomic E-state index is 0.729. The standard InChI is InChI=1S/C14H22N2/c1-10(2)12-6-14(7-12)16-9-13-8-15-5-4-11(13)3/h4-5,8,10,12,14,16H,6-7,9H2,1-3H3. The van der Waals surface area contributed by atoms with Gasteiger partial charge in [0.1, 0.15) is 0 Å². The van der Waals surface area contributed by atoms with Gasteiger partial charge in [0, 0.05) is 25.0 Å². The molecule has 2 rings (SSSR count). The van der Waals surface area contributed by atoms with E-state index >= 15 is 0 Å². The third kappa shape index (κ3) is 2.62. The maximum Gasteiger partial charge on any atom is 0.0315 e. The Morgan fingerprint density at radius 3 is 2.81 bits per heavy atom. The van der Waals surface area contributed by atoms with Gasteiger partial charge < -0.3 is 5.32 Å². The normalized spacial score (nSPS) is 24.5. The first-order chi connectivity index (χ1) is 7.66. The van der Waals surface area contributed by atoms with Crippen molar-refractivity contribution in [2.45, 2.75) is 46.2 Å². The Hall–Kier alpha value is -0.890. The van der Waals surface area contributed by atoms with E-state index in [4.69, 9.17) is 0 Å². The molecule has 0 atom stereocenters. The van der Waals surface area contributed by atoms with Crippen LogP contribution < -0.4 is 5.32 Å². The predicted octanol–water partition coefficient (Wildman–Crippen LogP) is 2.91. The van der Waals surface area contributed by atoms with Crippen molar-refractivity contribution in [3.8, 4) is 0 Å². The van der Waals surface area contributed by atoms with Crippen LogP contribution in [0.4, 0.5) is 0 Å². The van der Waals surface area contributed by atoms with Crippen LogP contribution in [0.25, 0.3) is 0 Å². The topological polar surface area (TPSA) is 24.9 Å². The SMILES string of the molecule is Cc1ccncc1CNC1CC(C(C)C)C1. The highest BCUT2D eigenvalue weighted by Crippen LogP contribution is 2.33. The molecule has 2 heteroatoms. The molecule has 1 aromatic heterocycles. The van der Waals surface area contributed by atoms with E-state index in [0.717, 1.165) is 24.4 Å². The van der Waals surface area contributed by atoms with E-state index in [1.165, 1.54) is 24.0 Å². The molecule has 88 valence electrons. The third-order valence-electron chi connectivity index (χ3n) is 3.85. The second kappa shape index (κ2) is 4.96. The minimum absolute atomic E-state index is 0.729. The van der Waals surface area contributed by atoms with Crippen LogP contribution in [-0.2, 0) is 6.54 Å². The van der Waals surface area contributed by atoms with Crippen LogP contribution in [0.2, 0.25) is 0 Å². The summed E-state index contributed by atoms with van der Waals surface area (Å²) in [6, 6.07) is 2.81. The van der Waals surface area contributed by atoms with Crippen LogP contribution in [0.5, 0.6) is 0 Å². The molecule has 0 unspecified atom stereocenters. The molecule has 0 bridgehead atoms. The van der Waals surface area contributed by atoms with E-state index in [0.29, 0.717) is 0 Å². The lowest BCUT2D eigenvalue weighted by molar-refractivity contribution is 0.167. The summed E-state index contributed by atoms with van der Waals surface area (Å²) < 4.78 is 0. The fourth-order valence-corrected chi connectivity index (χ4v) is 2.31. The molecule has 1 aliphatic rings. The van der Waals surface area contributed by atoms with Crippen molar-refractivity contribution in [1.29, 1.82) is 0 Å². The summed E-state index contributed by atoms with van der Waals surface area (Å²) in [6.07, 6.45) is 6.52. The van der Waals surface area contributed by atoms with E-state index in [1.807, 2.05) is 12.4 Å². The van der Waals surface area contributed by atoms with Gasteiger partial charge in [-0.05, 0) is 48.8 Å². The summed E-state index contributed by atoms with van der Waals surface area (Å²) in [5.74, 6) is 1.78. The Balaban J connectivity index is 1.76. The molecule has 0 saturated heterocycles. The lowest BCUT2D eigenvalue weighted by Gasteiger charge is -2.38. The van der Waals surface area contributed by atoms with Gasteiger partial charge in [-0.25, -0.2) is 0 Å².